The Bertz CT molecular complexity index is 804. The number of carbonyl (C=O) groups is 1. The van der Waals surface area contributed by atoms with Crippen molar-refractivity contribution in [3.63, 3.8) is 0 Å². The van der Waals surface area contributed by atoms with Crippen molar-refractivity contribution in [3.05, 3.63) is 40.7 Å². The lowest BCUT2D eigenvalue weighted by atomic mass is 10.2. The molecule has 5 heteroatoms. The first-order valence-electron chi connectivity index (χ1n) is 9.00. The summed E-state index contributed by atoms with van der Waals surface area (Å²) in [7, 11) is 0. The van der Waals surface area contributed by atoms with Gasteiger partial charge in [0, 0.05) is 23.9 Å². The molecule has 0 saturated heterocycles. The fraction of sp³-hybridized carbons (Fsp3) is 0.526. The number of hydrogen-bond donors (Lipinski definition) is 0. The van der Waals surface area contributed by atoms with Crippen LogP contribution in [0.15, 0.2) is 35.3 Å². The largest absolute Gasteiger partial charge is 0.337 e. The monoisotopic (exact) mass is 325 g/mol. The van der Waals surface area contributed by atoms with Gasteiger partial charge in [-0.05, 0) is 37.8 Å². The Morgan fingerprint density at radius 1 is 1.12 bits per heavy atom. The molecule has 5 nitrogen and oxygen atoms in total. The van der Waals surface area contributed by atoms with Gasteiger partial charge in [-0.15, -0.1) is 0 Å². The van der Waals surface area contributed by atoms with Crippen molar-refractivity contribution in [2.45, 2.75) is 63.6 Å². The number of fused-ring (bicyclic) bond motifs is 1. The highest BCUT2D eigenvalue weighted by Gasteiger charge is 2.37. The van der Waals surface area contributed by atoms with Crippen molar-refractivity contribution in [2.24, 2.45) is 0 Å². The van der Waals surface area contributed by atoms with Crippen molar-refractivity contribution in [1.29, 1.82) is 0 Å². The molecule has 0 aliphatic heterocycles. The Balaban J connectivity index is 1.51. The molecular weight excluding hydrogens is 302 g/mol. The quantitative estimate of drug-likeness (QED) is 0.849. The van der Waals surface area contributed by atoms with Crippen LogP contribution in [0.2, 0.25) is 0 Å². The summed E-state index contributed by atoms with van der Waals surface area (Å²) >= 11 is 0. The third-order valence-corrected chi connectivity index (χ3v) is 5.25. The molecule has 1 amide bonds. The molecule has 0 unspecified atom stereocenters. The van der Waals surface area contributed by atoms with Crippen molar-refractivity contribution in [2.75, 3.05) is 0 Å². The normalized spacial score (nSPS) is 18.2. The molecule has 2 saturated carbocycles. The summed E-state index contributed by atoms with van der Waals surface area (Å²) in [6.07, 6.45) is 8.90. The molecule has 0 atom stereocenters. The molecule has 0 radical (unpaired) electrons. The Kier molecular flexibility index (Phi) is 4.08. The molecular formula is C19H23N3O2. The second kappa shape index (κ2) is 6.38. The zero-order chi connectivity index (χ0) is 16.5. The first-order chi connectivity index (χ1) is 11.7. The van der Waals surface area contributed by atoms with Crippen molar-refractivity contribution in [1.82, 2.24) is 14.7 Å². The Labute approximate surface area is 141 Å². The van der Waals surface area contributed by atoms with E-state index < -0.39 is 0 Å². The minimum absolute atomic E-state index is 0.0706. The predicted octanol–water partition coefficient (Wildman–Crippen LogP) is 2.72. The molecule has 24 heavy (non-hydrogen) atoms. The van der Waals surface area contributed by atoms with E-state index in [1.54, 1.807) is 4.68 Å². The molecule has 0 spiro atoms. The zero-order valence-electron chi connectivity index (χ0n) is 13.9. The first-order valence-corrected chi connectivity index (χ1v) is 9.00. The van der Waals surface area contributed by atoms with Gasteiger partial charge in [-0.1, -0.05) is 25.0 Å². The average Bonchev–Trinajstić information content (AvgIpc) is 3.28. The van der Waals surface area contributed by atoms with Gasteiger partial charge in [-0.2, -0.15) is 5.10 Å². The smallest absolute Gasteiger partial charge is 0.224 e. The van der Waals surface area contributed by atoms with Gasteiger partial charge >= 0.3 is 0 Å². The summed E-state index contributed by atoms with van der Waals surface area (Å²) in [5.41, 5.74) is 0.732. The number of benzene rings is 1. The molecule has 1 aromatic heterocycles. The maximum Gasteiger partial charge on any atom is 0.224 e. The van der Waals surface area contributed by atoms with E-state index in [1.807, 2.05) is 24.3 Å². The fourth-order valence-corrected chi connectivity index (χ4v) is 3.91. The van der Waals surface area contributed by atoms with E-state index in [0.717, 1.165) is 31.2 Å². The van der Waals surface area contributed by atoms with Crippen LogP contribution in [-0.2, 0) is 11.3 Å². The van der Waals surface area contributed by atoms with Crippen LogP contribution in [0.25, 0.3) is 10.9 Å². The fourth-order valence-electron chi connectivity index (χ4n) is 3.91. The van der Waals surface area contributed by atoms with E-state index in [2.05, 4.69) is 10.00 Å². The third kappa shape index (κ3) is 2.95. The molecule has 2 fully saturated rings. The Hall–Kier alpha value is -2.17. The summed E-state index contributed by atoms with van der Waals surface area (Å²) in [5, 5.41) is 4.89. The highest BCUT2D eigenvalue weighted by atomic mass is 16.2. The molecule has 2 aromatic rings. The minimum Gasteiger partial charge on any atom is -0.337 e. The minimum atomic E-state index is -0.0706. The maximum absolute atomic E-state index is 12.8. The van der Waals surface area contributed by atoms with Gasteiger partial charge in [0.25, 0.3) is 0 Å². The Morgan fingerprint density at radius 2 is 1.83 bits per heavy atom. The highest BCUT2D eigenvalue weighted by molar-refractivity contribution is 5.79. The Morgan fingerprint density at radius 3 is 2.58 bits per heavy atom. The van der Waals surface area contributed by atoms with E-state index in [-0.39, 0.29) is 11.3 Å². The summed E-state index contributed by atoms with van der Waals surface area (Å²) in [4.78, 5) is 26.9. The molecule has 0 bridgehead atoms. The number of aromatic nitrogens is 2. The van der Waals surface area contributed by atoms with Crippen molar-refractivity contribution in [3.8, 4) is 0 Å². The third-order valence-electron chi connectivity index (χ3n) is 5.25. The van der Waals surface area contributed by atoms with Crippen LogP contribution in [0.5, 0.6) is 0 Å². The van der Waals surface area contributed by atoms with E-state index >= 15 is 0 Å². The van der Waals surface area contributed by atoms with Crippen LogP contribution in [0.4, 0.5) is 0 Å². The zero-order valence-corrected chi connectivity index (χ0v) is 13.9. The number of carbonyl (C=O) groups excluding carboxylic acids is 1. The van der Waals surface area contributed by atoms with Gasteiger partial charge in [0.05, 0.1) is 18.3 Å². The summed E-state index contributed by atoms with van der Waals surface area (Å²) < 4.78 is 1.79. The lowest BCUT2D eigenvalue weighted by Gasteiger charge is -2.29. The van der Waals surface area contributed by atoms with Crippen LogP contribution >= 0.6 is 0 Å². The molecule has 0 N–H and O–H groups in total. The van der Waals surface area contributed by atoms with Gasteiger partial charge in [-0.25, -0.2) is 0 Å². The van der Waals surface area contributed by atoms with Gasteiger partial charge in [0.2, 0.25) is 11.3 Å². The van der Waals surface area contributed by atoms with Crippen LogP contribution < -0.4 is 5.43 Å². The lowest BCUT2D eigenvalue weighted by molar-refractivity contribution is -0.134. The number of nitrogens with zero attached hydrogens (tertiary/aromatic N) is 3. The lowest BCUT2D eigenvalue weighted by Crippen LogP contribution is -2.41. The molecule has 1 heterocycles. The number of rotatable bonds is 5. The van der Waals surface area contributed by atoms with E-state index in [0.29, 0.717) is 30.4 Å². The van der Waals surface area contributed by atoms with Gasteiger partial charge in [0.15, 0.2) is 0 Å². The number of aryl methyl sites for hydroxylation is 1. The second-order valence-corrected chi connectivity index (χ2v) is 6.97. The van der Waals surface area contributed by atoms with E-state index in [9.17, 15) is 9.59 Å². The van der Waals surface area contributed by atoms with Crippen LogP contribution in [0, 0.1) is 0 Å². The molecule has 2 aliphatic rings. The second-order valence-electron chi connectivity index (χ2n) is 6.97. The number of amides is 1. The summed E-state index contributed by atoms with van der Waals surface area (Å²) in [5.74, 6) is 0.244. The van der Waals surface area contributed by atoms with Crippen LogP contribution in [0.1, 0.15) is 44.9 Å². The average molecular weight is 325 g/mol. The molecule has 1 aromatic carbocycles. The topological polar surface area (TPSA) is 55.2 Å². The SMILES string of the molecule is O=C(CCn1ncc(=O)c2ccccc21)N(C1CCCC1)C1CC1. The molecule has 2 aliphatic carbocycles. The predicted molar refractivity (Wildman–Crippen MR) is 92.7 cm³/mol. The van der Waals surface area contributed by atoms with Gasteiger partial charge in [0.1, 0.15) is 0 Å². The van der Waals surface area contributed by atoms with Gasteiger partial charge < -0.3 is 4.90 Å². The number of para-hydroxylation sites is 1. The maximum atomic E-state index is 12.8. The highest BCUT2D eigenvalue weighted by Crippen LogP contribution is 2.34. The van der Waals surface area contributed by atoms with E-state index in [1.165, 1.54) is 19.0 Å². The van der Waals surface area contributed by atoms with Gasteiger partial charge in [-0.3, -0.25) is 14.3 Å². The van der Waals surface area contributed by atoms with E-state index in [4.69, 9.17) is 0 Å². The van der Waals surface area contributed by atoms with Crippen LogP contribution in [0.3, 0.4) is 0 Å². The van der Waals surface area contributed by atoms with Crippen LogP contribution in [-0.4, -0.2) is 32.7 Å². The number of hydrogen-bond acceptors (Lipinski definition) is 3. The van der Waals surface area contributed by atoms with Crippen molar-refractivity contribution >= 4 is 16.8 Å². The standard InChI is InChI=1S/C19H23N3O2/c23-18-13-20-21(17-8-4-3-7-16(17)18)12-11-19(24)22(15-9-10-15)14-5-1-2-6-14/h3-4,7-8,13-15H,1-2,5-6,9-12H2. The molecule has 126 valence electrons. The van der Waals surface area contributed by atoms with Crippen molar-refractivity contribution < 1.29 is 4.79 Å². The summed E-state index contributed by atoms with van der Waals surface area (Å²) in [6.45, 7) is 0.523. The molecule has 4 rings (SSSR count). The first kappa shape index (κ1) is 15.4. The summed E-state index contributed by atoms with van der Waals surface area (Å²) in [6, 6.07) is 8.38.